The first kappa shape index (κ1) is 11.2. The molecule has 92 valence electrons. The lowest BCUT2D eigenvalue weighted by Crippen LogP contribution is -2.36. The minimum Gasteiger partial charge on any atom is -0.348 e. The smallest absolute Gasteiger partial charge is 0.186 e. The molecule has 0 unspecified atom stereocenters. The summed E-state index contributed by atoms with van der Waals surface area (Å²) in [6.45, 7) is 9.98. The normalized spacial score (nSPS) is 19.7. The summed E-state index contributed by atoms with van der Waals surface area (Å²) in [5, 5.41) is 1.21. The first-order valence-electron chi connectivity index (χ1n) is 6.35. The van der Waals surface area contributed by atoms with Gasteiger partial charge in [0.1, 0.15) is 0 Å². The fourth-order valence-corrected chi connectivity index (χ4v) is 3.64. The Morgan fingerprint density at radius 1 is 1.24 bits per heavy atom. The molecular formula is C13H19N3S. The first-order chi connectivity index (χ1) is 8.05. The van der Waals surface area contributed by atoms with E-state index in [9.17, 15) is 0 Å². The van der Waals surface area contributed by atoms with Crippen LogP contribution in [0.5, 0.6) is 0 Å². The van der Waals surface area contributed by atoms with Gasteiger partial charge in [-0.05, 0) is 6.42 Å². The standard InChI is InChI=1S/C13H19N3S/c1-13(2,3)11-10-9(5-6-14-11)15-12(17-10)16-7-4-8-16/h4-8H2,1-3H3. The second-order valence-electron chi connectivity index (χ2n) is 5.84. The van der Waals surface area contributed by atoms with Crippen LogP contribution in [0.2, 0.25) is 0 Å². The molecule has 0 spiro atoms. The Hall–Kier alpha value is -0.900. The van der Waals surface area contributed by atoms with E-state index in [1.807, 2.05) is 11.3 Å². The molecular weight excluding hydrogens is 230 g/mol. The van der Waals surface area contributed by atoms with Gasteiger partial charge in [-0.2, -0.15) is 0 Å². The average molecular weight is 249 g/mol. The lowest BCUT2D eigenvalue weighted by Gasteiger charge is -2.30. The molecule has 17 heavy (non-hydrogen) atoms. The quantitative estimate of drug-likeness (QED) is 0.765. The van der Waals surface area contributed by atoms with Crippen molar-refractivity contribution in [3.8, 4) is 0 Å². The van der Waals surface area contributed by atoms with Gasteiger partial charge in [0.05, 0.1) is 16.3 Å². The summed E-state index contributed by atoms with van der Waals surface area (Å²) in [7, 11) is 0. The molecule has 1 aromatic rings. The summed E-state index contributed by atoms with van der Waals surface area (Å²) >= 11 is 1.84. The van der Waals surface area contributed by atoms with Gasteiger partial charge < -0.3 is 4.90 Å². The van der Waals surface area contributed by atoms with Crippen LogP contribution in [0.15, 0.2) is 4.99 Å². The van der Waals surface area contributed by atoms with Gasteiger partial charge in [0.25, 0.3) is 0 Å². The van der Waals surface area contributed by atoms with Crippen molar-refractivity contribution in [2.75, 3.05) is 24.5 Å². The van der Waals surface area contributed by atoms with Crippen LogP contribution in [0.3, 0.4) is 0 Å². The van der Waals surface area contributed by atoms with Crippen LogP contribution in [-0.2, 0) is 6.42 Å². The number of aromatic nitrogens is 1. The first-order valence-corrected chi connectivity index (χ1v) is 7.17. The molecule has 0 aromatic carbocycles. The van der Waals surface area contributed by atoms with Crippen LogP contribution < -0.4 is 4.90 Å². The zero-order valence-corrected chi connectivity index (χ0v) is 11.6. The maximum absolute atomic E-state index is 4.80. The summed E-state index contributed by atoms with van der Waals surface area (Å²) < 4.78 is 0. The van der Waals surface area contributed by atoms with Crippen LogP contribution in [0.1, 0.15) is 37.8 Å². The maximum atomic E-state index is 4.80. The molecule has 0 bridgehead atoms. The zero-order chi connectivity index (χ0) is 12.0. The molecule has 2 aliphatic rings. The van der Waals surface area contributed by atoms with Gasteiger partial charge in [-0.3, -0.25) is 4.99 Å². The van der Waals surface area contributed by atoms with E-state index in [1.165, 1.54) is 40.9 Å². The van der Waals surface area contributed by atoms with E-state index in [-0.39, 0.29) is 5.41 Å². The van der Waals surface area contributed by atoms with Gasteiger partial charge in [0.15, 0.2) is 5.13 Å². The predicted octanol–water partition coefficient (Wildman–Crippen LogP) is 2.74. The number of thiazole rings is 1. The average Bonchev–Trinajstić information content (AvgIpc) is 2.55. The van der Waals surface area contributed by atoms with Crippen LogP contribution >= 0.6 is 11.3 Å². The molecule has 4 heteroatoms. The van der Waals surface area contributed by atoms with Crippen LogP contribution in [0, 0.1) is 5.41 Å². The van der Waals surface area contributed by atoms with Gasteiger partial charge in [-0.25, -0.2) is 4.98 Å². The molecule has 0 N–H and O–H groups in total. The van der Waals surface area contributed by atoms with E-state index in [4.69, 9.17) is 9.98 Å². The topological polar surface area (TPSA) is 28.5 Å². The van der Waals surface area contributed by atoms with Crippen LogP contribution in [-0.4, -0.2) is 30.3 Å². The highest BCUT2D eigenvalue weighted by Crippen LogP contribution is 2.36. The third-order valence-corrected chi connectivity index (χ3v) is 4.52. The van der Waals surface area contributed by atoms with Crippen molar-refractivity contribution < 1.29 is 0 Å². The minimum atomic E-state index is 0.133. The molecule has 0 aliphatic carbocycles. The van der Waals surface area contributed by atoms with E-state index >= 15 is 0 Å². The zero-order valence-electron chi connectivity index (χ0n) is 10.8. The highest BCUT2D eigenvalue weighted by atomic mass is 32.1. The molecule has 1 aromatic heterocycles. The Labute approximate surface area is 107 Å². The minimum absolute atomic E-state index is 0.133. The number of fused-ring (bicyclic) bond motifs is 1. The number of rotatable bonds is 1. The number of hydrogen-bond donors (Lipinski definition) is 0. The molecule has 3 nitrogen and oxygen atoms in total. The Balaban J connectivity index is 1.98. The molecule has 0 radical (unpaired) electrons. The maximum Gasteiger partial charge on any atom is 0.186 e. The summed E-state index contributed by atoms with van der Waals surface area (Å²) in [6.07, 6.45) is 2.32. The molecule has 0 amide bonds. The Bertz CT molecular complexity index is 463. The van der Waals surface area contributed by atoms with Gasteiger partial charge in [0, 0.05) is 31.5 Å². The molecule has 0 saturated carbocycles. The Kier molecular flexibility index (Phi) is 2.51. The summed E-state index contributed by atoms with van der Waals surface area (Å²) in [4.78, 5) is 13.2. The molecule has 1 saturated heterocycles. The summed E-state index contributed by atoms with van der Waals surface area (Å²) in [6, 6.07) is 0. The van der Waals surface area contributed by atoms with Crippen molar-refractivity contribution in [3.63, 3.8) is 0 Å². The highest BCUT2D eigenvalue weighted by molar-refractivity contribution is 7.17. The highest BCUT2D eigenvalue weighted by Gasteiger charge is 2.30. The van der Waals surface area contributed by atoms with Gasteiger partial charge >= 0.3 is 0 Å². The van der Waals surface area contributed by atoms with E-state index in [1.54, 1.807) is 0 Å². The second-order valence-corrected chi connectivity index (χ2v) is 6.82. The van der Waals surface area contributed by atoms with Gasteiger partial charge in [0.2, 0.25) is 0 Å². The van der Waals surface area contributed by atoms with Crippen LogP contribution in [0.4, 0.5) is 5.13 Å². The Morgan fingerprint density at radius 2 is 2.00 bits per heavy atom. The van der Waals surface area contributed by atoms with Gasteiger partial charge in [-0.15, -0.1) is 0 Å². The largest absolute Gasteiger partial charge is 0.348 e. The van der Waals surface area contributed by atoms with E-state index in [2.05, 4.69) is 25.7 Å². The van der Waals surface area contributed by atoms with E-state index in [0.717, 1.165) is 13.0 Å². The third-order valence-electron chi connectivity index (χ3n) is 3.36. The molecule has 2 aliphatic heterocycles. The number of anilines is 1. The van der Waals surface area contributed by atoms with Crippen molar-refractivity contribution in [1.82, 2.24) is 4.98 Å². The van der Waals surface area contributed by atoms with Crippen molar-refractivity contribution in [2.24, 2.45) is 10.4 Å². The monoisotopic (exact) mass is 249 g/mol. The van der Waals surface area contributed by atoms with E-state index in [0.29, 0.717) is 0 Å². The molecule has 3 heterocycles. The number of aliphatic imine (C=N–C) groups is 1. The molecule has 1 fully saturated rings. The van der Waals surface area contributed by atoms with E-state index < -0.39 is 0 Å². The lowest BCUT2D eigenvalue weighted by atomic mass is 9.87. The second kappa shape index (κ2) is 3.80. The fourth-order valence-electron chi connectivity index (χ4n) is 2.26. The SMILES string of the molecule is CC(C)(C)C1=NCCc2nc(N3CCC3)sc21. The number of nitrogens with zero attached hydrogens (tertiary/aromatic N) is 3. The number of hydrogen-bond acceptors (Lipinski definition) is 4. The van der Waals surface area contributed by atoms with Crippen molar-refractivity contribution in [2.45, 2.75) is 33.6 Å². The molecule has 0 atom stereocenters. The summed E-state index contributed by atoms with van der Waals surface area (Å²) in [5.74, 6) is 0. The van der Waals surface area contributed by atoms with Crippen LogP contribution in [0.25, 0.3) is 0 Å². The Morgan fingerprint density at radius 3 is 2.59 bits per heavy atom. The lowest BCUT2D eigenvalue weighted by molar-refractivity contribution is 0.585. The predicted molar refractivity (Wildman–Crippen MR) is 73.5 cm³/mol. The van der Waals surface area contributed by atoms with Crippen molar-refractivity contribution >= 4 is 22.2 Å². The van der Waals surface area contributed by atoms with Crippen molar-refractivity contribution in [3.05, 3.63) is 10.6 Å². The summed E-state index contributed by atoms with van der Waals surface area (Å²) in [5.41, 5.74) is 2.66. The molecule has 3 rings (SSSR count). The fraction of sp³-hybridized carbons (Fsp3) is 0.692. The van der Waals surface area contributed by atoms with Gasteiger partial charge in [-0.1, -0.05) is 32.1 Å². The van der Waals surface area contributed by atoms with Crippen molar-refractivity contribution in [1.29, 1.82) is 0 Å². The third kappa shape index (κ3) is 1.88.